The molecule has 2 heterocycles. The summed E-state index contributed by atoms with van der Waals surface area (Å²) in [6, 6.07) is 7.97. The number of nitrogens with one attached hydrogen (secondary N) is 1. The number of aromatic nitrogens is 1. The zero-order valence-electron chi connectivity index (χ0n) is 14.3. The first-order valence-corrected chi connectivity index (χ1v) is 9.21. The molecule has 1 N–H and O–H groups in total. The Morgan fingerprint density at radius 3 is 2.73 bits per heavy atom. The third kappa shape index (κ3) is 4.34. The van der Waals surface area contributed by atoms with E-state index in [4.69, 9.17) is 23.2 Å². The van der Waals surface area contributed by atoms with Crippen LogP contribution in [0.2, 0.25) is 10.0 Å². The maximum absolute atomic E-state index is 12.7. The van der Waals surface area contributed by atoms with Crippen molar-refractivity contribution in [1.29, 1.82) is 0 Å². The van der Waals surface area contributed by atoms with E-state index in [1.54, 1.807) is 24.3 Å². The number of halogens is 2. The quantitative estimate of drug-likeness (QED) is 0.836. The molecule has 1 aliphatic heterocycles. The Kier molecular flexibility index (Phi) is 5.79. The molecule has 1 unspecified atom stereocenters. The average Bonchev–Trinajstić information content (AvgIpc) is 2.64. The minimum absolute atomic E-state index is 0.0671. The van der Waals surface area contributed by atoms with Crippen LogP contribution in [0, 0.1) is 5.92 Å². The Bertz CT molecular complexity index is 841. The van der Waals surface area contributed by atoms with Crippen molar-refractivity contribution in [3.8, 4) is 0 Å². The Hall–Kier alpha value is -2.11. The molecule has 2 aromatic rings. The Balaban J connectivity index is 1.74. The molecule has 2 amide bonds. The number of carbonyl (C=O) groups is 2. The minimum atomic E-state index is -0.412. The number of nitrogens with zero attached hydrogens (tertiary/aromatic N) is 2. The highest BCUT2D eigenvalue weighted by Crippen LogP contribution is 2.25. The predicted octanol–water partition coefficient (Wildman–Crippen LogP) is 4.51. The molecule has 0 bridgehead atoms. The molecule has 1 atom stereocenters. The number of hydrogen-bond acceptors (Lipinski definition) is 3. The van der Waals surface area contributed by atoms with Gasteiger partial charge < -0.3 is 10.2 Å². The first-order valence-electron chi connectivity index (χ1n) is 8.46. The number of pyridine rings is 1. The molecule has 1 saturated heterocycles. The van der Waals surface area contributed by atoms with Gasteiger partial charge in [0.15, 0.2) is 0 Å². The summed E-state index contributed by atoms with van der Waals surface area (Å²) in [5.74, 6) is 0.0135. The summed E-state index contributed by atoms with van der Waals surface area (Å²) in [5.41, 5.74) is 1.15. The Morgan fingerprint density at radius 2 is 2.00 bits per heavy atom. The van der Waals surface area contributed by atoms with Crippen LogP contribution < -0.4 is 5.32 Å². The maximum Gasteiger partial charge on any atom is 0.274 e. The lowest BCUT2D eigenvalue weighted by molar-refractivity contribution is 0.0683. The summed E-state index contributed by atoms with van der Waals surface area (Å²) < 4.78 is 0. The Morgan fingerprint density at radius 1 is 1.19 bits per heavy atom. The van der Waals surface area contributed by atoms with Crippen LogP contribution in [0.25, 0.3) is 0 Å². The van der Waals surface area contributed by atoms with Crippen molar-refractivity contribution in [1.82, 2.24) is 9.88 Å². The van der Waals surface area contributed by atoms with E-state index in [-0.39, 0.29) is 11.6 Å². The van der Waals surface area contributed by atoms with E-state index in [9.17, 15) is 9.59 Å². The number of amides is 2. The Labute approximate surface area is 162 Å². The predicted molar refractivity (Wildman–Crippen MR) is 103 cm³/mol. The second-order valence-electron chi connectivity index (χ2n) is 6.51. The maximum atomic E-state index is 12.7. The molecule has 5 nitrogen and oxygen atoms in total. The van der Waals surface area contributed by atoms with E-state index >= 15 is 0 Å². The van der Waals surface area contributed by atoms with Crippen LogP contribution in [0.4, 0.5) is 5.69 Å². The van der Waals surface area contributed by atoms with Gasteiger partial charge in [-0.25, -0.2) is 0 Å². The second kappa shape index (κ2) is 8.06. The van der Waals surface area contributed by atoms with Crippen molar-refractivity contribution >= 4 is 40.7 Å². The smallest absolute Gasteiger partial charge is 0.274 e. The van der Waals surface area contributed by atoms with Gasteiger partial charge in [0.05, 0.1) is 10.0 Å². The van der Waals surface area contributed by atoms with E-state index in [1.807, 2.05) is 4.90 Å². The topological polar surface area (TPSA) is 62.3 Å². The van der Waals surface area contributed by atoms with Gasteiger partial charge >= 0.3 is 0 Å². The fourth-order valence-corrected chi connectivity index (χ4v) is 3.31. The molecule has 1 aliphatic rings. The summed E-state index contributed by atoms with van der Waals surface area (Å²) in [5, 5.41) is 3.47. The van der Waals surface area contributed by atoms with Gasteiger partial charge in [-0.1, -0.05) is 30.1 Å². The monoisotopic (exact) mass is 391 g/mol. The number of anilines is 1. The lowest BCUT2D eigenvalue weighted by Gasteiger charge is -2.31. The van der Waals surface area contributed by atoms with E-state index < -0.39 is 5.91 Å². The van der Waals surface area contributed by atoms with Gasteiger partial charge in [0.2, 0.25) is 0 Å². The molecule has 1 aromatic heterocycles. The van der Waals surface area contributed by atoms with Crippen molar-refractivity contribution < 1.29 is 9.59 Å². The van der Waals surface area contributed by atoms with Crippen LogP contribution in [0.15, 0.2) is 36.5 Å². The molecule has 3 rings (SSSR count). The minimum Gasteiger partial charge on any atom is -0.338 e. The van der Waals surface area contributed by atoms with Crippen LogP contribution in [0.5, 0.6) is 0 Å². The highest BCUT2D eigenvalue weighted by Gasteiger charge is 2.23. The first-order chi connectivity index (χ1) is 12.4. The molecular weight excluding hydrogens is 373 g/mol. The number of piperidine rings is 1. The highest BCUT2D eigenvalue weighted by atomic mass is 35.5. The fourth-order valence-electron chi connectivity index (χ4n) is 3.01. The molecule has 0 aliphatic carbocycles. The fraction of sp³-hybridized carbons (Fsp3) is 0.316. The zero-order valence-corrected chi connectivity index (χ0v) is 15.8. The zero-order chi connectivity index (χ0) is 18.7. The number of rotatable bonds is 3. The normalized spacial score (nSPS) is 17.0. The number of benzene rings is 1. The molecule has 26 heavy (non-hydrogen) atoms. The van der Waals surface area contributed by atoms with Gasteiger partial charge in [0.25, 0.3) is 11.8 Å². The van der Waals surface area contributed by atoms with E-state index in [1.165, 1.54) is 12.3 Å². The van der Waals surface area contributed by atoms with Gasteiger partial charge in [0, 0.05) is 30.5 Å². The molecule has 1 aromatic carbocycles. The van der Waals surface area contributed by atoms with E-state index in [0.717, 1.165) is 25.9 Å². The van der Waals surface area contributed by atoms with Gasteiger partial charge in [-0.05, 0) is 49.1 Å². The van der Waals surface area contributed by atoms with E-state index in [0.29, 0.717) is 27.2 Å². The average molecular weight is 392 g/mol. The SMILES string of the molecule is CC1CCCN(C(=O)c2ccnc(C(=O)Nc3ccc(Cl)c(Cl)c3)c2)C1. The van der Waals surface area contributed by atoms with Gasteiger partial charge in [-0.2, -0.15) is 0 Å². The molecular formula is C19H19Cl2N3O2. The third-order valence-corrected chi connectivity index (χ3v) is 5.10. The van der Waals surface area contributed by atoms with Crippen molar-refractivity contribution in [3.05, 3.63) is 57.8 Å². The summed E-state index contributed by atoms with van der Waals surface area (Å²) in [6.07, 6.45) is 3.62. The summed E-state index contributed by atoms with van der Waals surface area (Å²) >= 11 is 11.8. The van der Waals surface area contributed by atoms with Gasteiger partial charge in [-0.15, -0.1) is 0 Å². The molecule has 1 fully saturated rings. The molecule has 0 saturated carbocycles. The lowest BCUT2D eigenvalue weighted by atomic mass is 9.99. The van der Waals surface area contributed by atoms with Crippen LogP contribution in [-0.4, -0.2) is 34.8 Å². The molecule has 0 radical (unpaired) electrons. The largest absolute Gasteiger partial charge is 0.338 e. The summed E-state index contributed by atoms with van der Waals surface area (Å²) in [6.45, 7) is 3.63. The second-order valence-corrected chi connectivity index (χ2v) is 7.33. The van der Waals surface area contributed by atoms with Crippen molar-refractivity contribution in [2.75, 3.05) is 18.4 Å². The first kappa shape index (κ1) is 18.7. The van der Waals surface area contributed by atoms with Crippen LogP contribution in [0.3, 0.4) is 0 Å². The van der Waals surface area contributed by atoms with Crippen molar-refractivity contribution in [3.63, 3.8) is 0 Å². The number of carbonyl (C=O) groups excluding carboxylic acids is 2. The number of hydrogen-bond donors (Lipinski definition) is 1. The van der Waals surface area contributed by atoms with Crippen LogP contribution in [-0.2, 0) is 0 Å². The lowest BCUT2D eigenvalue weighted by Crippen LogP contribution is -2.39. The molecule has 0 spiro atoms. The van der Waals surface area contributed by atoms with E-state index in [2.05, 4.69) is 17.2 Å². The third-order valence-electron chi connectivity index (χ3n) is 4.36. The van der Waals surface area contributed by atoms with Gasteiger partial charge in [0.1, 0.15) is 5.69 Å². The summed E-state index contributed by atoms with van der Waals surface area (Å²) in [4.78, 5) is 31.0. The van der Waals surface area contributed by atoms with Gasteiger partial charge in [-0.3, -0.25) is 14.6 Å². The standard InChI is InChI=1S/C19H19Cl2N3O2/c1-12-3-2-8-24(11-12)19(26)13-6-7-22-17(9-13)18(25)23-14-4-5-15(20)16(21)10-14/h4-7,9-10,12H,2-3,8,11H2,1H3,(H,23,25). The highest BCUT2D eigenvalue weighted by molar-refractivity contribution is 6.42. The molecule has 136 valence electrons. The summed E-state index contributed by atoms with van der Waals surface area (Å²) in [7, 11) is 0. The number of likely N-dealkylation sites (tertiary alicyclic amines) is 1. The van der Waals surface area contributed by atoms with Crippen molar-refractivity contribution in [2.24, 2.45) is 5.92 Å². The molecule has 7 heteroatoms. The van der Waals surface area contributed by atoms with Crippen LogP contribution in [0.1, 0.15) is 40.6 Å². The van der Waals surface area contributed by atoms with Crippen molar-refractivity contribution in [2.45, 2.75) is 19.8 Å². The van der Waals surface area contributed by atoms with Crippen LogP contribution >= 0.6 is 23.2 Å².